The summed E-state index contributed by atoms with van der Waals surface area (Å²) in [5.74, 6) is 0. The van der Waals surface area contributed by atoms with Crippen LogP contribution < -0.4 is 0 Å². The normalized spacial score (nSPS) is 11.8. The van der Waals surface area contributed by atoms with Crippen LogP contribution in [0, 0.1) is 0 Å². The number of rotatable bonds is 3. The predicted molar refractivity (Wildman–Crippen MR) is 88.9 cm³/mol. The summed E-state index contributed by atoms with van der Waals surface area (Å²) in [5.41, 5.74) is 1.24. The Balaban J connectivity index is 0.000000982. The molecule has 4 heteroatoms. The molecule has 0 aliphatic carbocycles. The van der Waals surface area contributed by atoms with Gasteiger partial charge in [-0.1, -0.05) is 48.8 Å². The zero-order chi connectivity index (χ0) is 15.1. The second kappa shape index (κ2) is 8.20. The van der Waals surface area contributed by atoms with Gasteiger partial charge < -0.3 is 9.53 Å². The summed E-state index contributed by atoms with van der Waals surface area (Å²) in [6.07, 6.45) is 0. The number of hydrogen-bond acceptors (Lipinski definition) is 2. The zero-order valence-electron chi connectivity index (χ0n) is 13.0. The highest BCUT2D eigenvalue weighted by molar-refractivity contribution is 9.10. The first-order chi connectivity index (χ1) is 8.64. The van der Waals surface area contributed by atoms with Gasteiger partial charge in [0.15, 0.2) is 8.32 Å². The maximum atomic E-state index is 7.57. The number of halogens is 1. The second-order valence-corrected chi connectivity index (χ2v) is 11.7. The van der Waals surface area contributed by atoms with Crippen LogP contribution in [-0.2, 0) is 11.0 Å². The molecule has 0 unspecified atom stereocenters. The van der Waals surface area contributed by atoms with E-state index in [0.29, 0.717) is 0 Å². The molecule has 1 N–H and O–H groups in total. The Bertz CT molecular complexity index is 355. The molecule has 1 aromatic rings. The Hall–Kier alpha value is -0.163. The highest BCUT2D eigenvalue weighted by atomic mass is 79.9. The van der Waals surface area contributed by atoms with E-state index in [-0.39, 0.29) is 11.6 Å². The molecule has 0 amide bonds. The number of aliphatic hydroxyl groups excluding tert-OH is 1. The third kappa shape index (κ3) is 7.25. The molecular weight excluding hydrogens is 320 g/mol. The molecule has 19 heavy (non-hydrogen) atoms. The number of benzene rings is 1. The first-order valence-electron chi connectivity index (χ1n) is 6.63. The maximum Gasteiger partial charge on any atom is 0.192 e. The molecule has 0 fully saturated rings. The molecule has 0 aromatic heterocycles. The Labute approximate surface area is 127 Å². The largest absolute Gasteiger partial charge is 0.413 e. The lowest BCUT2D eigenvalue weighted by Crippen LogP contribution is -2.40. The molecule has 1 rings (SSSR count). The van der Waals surface area contributed by atoms with Gasteiger partial charge in [-0.15, -0.1) is 0 Å². The van der Waals surface area contributed by atoms with Crippen molar-refractivity contribution in [3.05, 3.63) is 34.3 Å². The Kier molecular flexibility index (Phi) is 8.13. The van der Waals surface area contributed by atoms with E-state index in [0.717, 1.165) is 11.1 Å². The van der Waals surface area contributed by atoms with Gasteiger partial charge in [-0.25, -0.2) is 0 Å². The minimum Gasteiger partial charge on any atom is -0.413 e. The maximum absolute atomic E-state index is 7.57. The summed E-state index contributed by atoms with van der Waals surface area (Å²) < 4.78 is 7.26. The Morgan fingerprint density at radius 2 is 1.58 bits per heavy atom. The van der Waals surface area contributed by atoms with E-state index in [1.165, 1.54) is 5.56 Å². The molecule has 110 valence electrons. The van der Waals surface area contributed by atoms with Crippen molar-refractivity contribution >= 4 is 24.2 Å². The summed E-state index contributed by atoms with van der Waals surface area (Å²) >= 11 is 3.44. The quantitative estimate of drug-likeness (QED) is 0.782. The van der Waals surface area contributed by atoms with Crippen LogP contribution in [0.5, 0.6) is 0 Å². The van der Waals surface area contributed by atoms with Gasteiger partial charge in [0.1, 0.15) is 0 Å². The van der Waals surface area contributed by atoms with Gasteiger partial charge in [-0.05, 0) is 42.8 Å². The average molecular weight is 347 g/mol. The van der Waals surface area contributed by atoms with Crippen LogP contribution in [0.25, 0.3) is 0 Å². The van der Waals surface area contributed by atoms with Crippen molar-refractivity contribution in [2.75, 3.05) is 6.61 Å². The molecule has 0 aliphatic heterocycles. The smallest absolute Gasteiger partial charge is 0.192 e. The number of hydrogen-bond donors (Lipinski definition) is 1. The van der Waals surface area contributed by atoms with Crippen LogP contribution in [0.15, 0.2) is 28.7 Å². The summed E-state index contributed by atoms with van der Waals surface area (Å²) in [4.78, 5) is 0. The summed E-state index contributed by atoms with van der Waals surface area (Å²) in [7, 11) is -1.61. The first kappa shape index (κ1) is 18.8. The van der Waals surface area contributed by atoms with E-state index in [2.05, 4.69) is 74.1 Å². The average Bonchev–Trinajstić information content (AvgIpc) is 2.28. The zero-order valence-corrected chi connectivity index (χ0v) is 15.5. The molecule has 0 spiro atoms. The fraction of sp³-hybridized carbons (Fsp3) is 0.600. The van der Waals surface area contributed by atoms with E-state index < -0.39 is 8.32 Å². The van der Waals surface area contributed by atoms with Crippen molar-refractivity contribution in [3.63, 3.8) is 0 Å². The highest BCUT2D eigenvalue weighted by Crippen LogP contribution is 2.37. The van der Waals surface area contributed by atoms with Crippen molar-refractivity contribution in [2.45, 2.75) is 52.4 Å². The van der Waals surface area contributed by atoms with Crippen LogP contribution in [0.3, 0.4) is 0 Å². The highest BCUT2D eigenvalue weighted by Gasteiger charge is 2.36. The fourth-order valence-electron chi connectivity index (χ4n) is 1.06. The second-order valence-electron chi connectivity index (χ2n) is 5.99. The lowest BCUT2D eigenvalue weighted by Gasteiger charge is -2.36. The molecule has 1 aromatic carbocycles. The van der Waals surface area contributed by atoms with Gasteiger partial charge >= 0.3 is 0 Å². The van der Waals surface area contributed by atoms with Gasteiger partial charge in [0, 0.05) is 11.1 Å². The summed E-state index contributed by atoms with van der Waals surface area (Å²) in [6, 6.07) is 8.34. The Morgan fingerprint density at radius 1 is 1.16 bits per heavy atom. The predicted octanol–water partition coefficient (Wildman–Crippen LogP) is 4.97. The van der Waals surface area contributed by atoms with E-state index in [4.69, 9.17) is 9.53 Å². The van der Waals surface area contributed by atoms with Crippen LogP contribution in [0.4, 0.5) is 0 Å². The van der Waals surface area contributed by atoms with Gasteiger partial charge in [-0.3, -0.25) is 0 Å². The number of aliphatic hydroxyl groups is 1. The lowest BCUT2D eigenvalue weighted by molar-refractivity contribution is 0.276. The minimum absolute atomic E-state index is 0.250. The molecule has 2 nitrogen and oxygen atoms in total. The standard InChI is InChI=1S/C13H21BrOSi.C2H6O/c1-13(2,3)16(4,5)15-10-11-6-8-12(14)9-7-11;1-2-3/h6-9H,10H2,1-5H3;3H,2H2,1H3. The van der Waals surface area contributed by atoms with E-state index in [1.807, 2.05) is 0 Å². The van der Waals surface area contributed by atoms with Gasteiger partial charge in [0.2, 0.25) is 0 Å². The topological polar surface area (TPSA) is 29.5 Å². The lowest BCUT2D eigenvalue weighted by atomic mass is 10.2. The minimum atomic E-state index is -1.61. The summed E-state index contributed by atoms with van der Waals surface area (Å²) in [5, 5.41) is 7.85. The third-order valence-electron chi connectivity index (χ3n) is 3.32. The van der Waals surface area contributed by atoms with E-state index >= 15 is 0 Å². The van der Waals surface area contributed by atoms with Crippen molar-refractivity contribution in [2.24, 2.45) is 0 Å². The van der Waals surface area contributed by atoms with Crippen molar-refractivity contribution in [1.29, 1.82) is 0 Å². The molecule has 0 saturated heterocycles. The molecule has 0 saturated carbocycles. The molecule has 0 radical (unpaired) electrons. The molecule has 0 aliphatic rings. The fourth-order valence-corrected chi connectivity index (χ4v) is 2.29. The van der Waals surface area contributed by atoms with Crippen LogP contribution in [0.1, 0.15) is 33.3 Å². The van der Waals surface area contributed by atoms with Crippen molar-refractivity contribution < 1.29 is 9.53 Å². The van der Waals surface area contributed by atoms with E-state index in [9.17, 15) is 0 Å². The Morgan fingerprint density at radius 3 is 1.95 bits per heavy atom. The van der Waals surface area contributed by atoms with Gasteiger partial charge in [-0.2, -0.15) is 0 Å². The van der Waals surface area contributed by atoms with Crippen LogP contribution in [-0.4, -0.2) is 20.0 Å². The van der Waals surface area contributed by atoms with Crippen LogP contribution >= 0.6 is 15.9 Å². The SMILES string of the molecule is CC(C)(C)[Si](C)(C)OCc1ccc(Br)cc1.CCO. The first-order valence-corrected chi connectivity index (χ1v) is 10.3. The molecule has 0 bridgehead atoms. The van der Waals surface area contributed by atoms with E-state index in [1.54, 1.807) is 6.92 Å². The monoisotopic (exact) mass is 346 g/mol. The van der Waals surface area contributed by atoms with Gasteiger partial charge in [0.25, 0.3) is 0 Å². The van der Waals surface area contributed by atoms with Crippen molar-refractivity contribution in [3.8, 4) is 0 Å². The van der Waals surface area contributed by atoms with Gasteiger partial charge in [0.05, 0.1) is 6.61 Å². The summed E-state index contributed by atoms with van der Waals surface area (Å²) in [6.45, 7) is 14.0. The molecule has 0 atom stereocenters. The van der Waals surface area contributed by atoms with Crippen LogP contribution in [0.2, 0.25) is 18.1 Å². The molecule has 0 heterocycles. The van der Waals surface area contributed by atoms with Crippen molar-refractivity contribution in [1.82, 2.24) is 0 Å². The molecular formula is C15H27BrO2Si. The third-order valence-corrected chi connectivity index (χ3v) is 8.33.